The minimum Gasteiger partial charge on any atom is -0.456 e. The molecule has 5 heteroatoms. The van der Waals surface area contributed by atoms with Crippen molar-refractivity contribution in [1.29, 1.82) is 0 Å². The van der Waals surface area contributed by atoms with Crippen LogP contribution in [-0.2, 0) is 14.3 Å². The Morgan fingerprint density at radius 2 is 2.13 bits per heavy atom. The van der Waals surface area contributed by atoms with Crippen LogP contribution in [0.1, 0.15) is 37.7 Å². The molecule has 3 rings (SSSR count). The highest BCUT2D eigenvalue weighted by atomic mass is 19.1. The Hall–Kier alpha value is -1.91. The second-order valence-corrected chi connectivity index (χ2v) is 6.81. The summed E-state index contributed by atoms with van der Waals surface area (Å²) >= 11 is 0. The zero-order chi connectivity index (χ0) is 16.4. The number of aryl methyl sites for hydroxylation is 1. The van der Waals surface area contributed by atoms with E-state index in [2.05, 4.69) is 5.32 Å². The van der Waals surface area contributed by atoms with Gasteiger partial charge in [-0.2, -0.15) is 0 Å². The molecule has 2 bridgehead atoms. The number of carbonyl (C=O) groups is 2. The molecule has 0 unspecified atom stereocenters. The summed E-state index contributed by atoms with van der Waals surface area (Å²) < 4.78 is 18.5. The molecule has 23 heavy (non-hydrogen) atoms. The van der Waals surface area contributed by atoms with Crippen LogP contribution in [0.2, 0.25) is 0 Å². The van der Waals surface area contributed by atoms with Crippen molar-refractivity contribution in [3.63, 3.8) is 0 Å². The minimum atomic E-state index is -0.449. The quantitative estimate of drug-likeness (QED) is 0.846. The van der Waals surface area contributed by atoms with Gasteiger partial charge in [-0.1, -0.05) is 12.5 Å². The maximum Gasteiger partial charge on any atom is 0.306 e. The average molecular weight is 319 g/mol. The van der Waals surface area contributed by atoms with Gasteiger partial charge in [-0.15, -0.1) is 0 Å². The van der Waals surface area contributed by atoms with Gasteiger partial charge in [0, 0.05) is 12.1 Å². The van der Waals surface area contributed by atoms with Crippen molar-refractivity contribution in [2.24, 2.45) is 17.8 Å². The first-order valence-electron chi connectivity index (χ1n) is 8.23. The summed E-state index contributed by atoms with van der Waals surface area (Å²) in [6, 6.07) is 4.46. The maximum atomic E-state index is 13.4. The van der Waals surface area contributed by atoms with Crippen molar-refractivity contribution < 1.29 is 18.7 Å². The number of halogens is 1. The lowest BCUT2D eigenvalue weighted by molar-refractivity contribution is -0.148. The summed E-state index contributed by atoms with van der Waals surface area (Å²) in [6.45, 7) is 1.33. The summed E-state index contributed by atoms with van der Waals surface area (Å²) in [5, 5.41) is 2.53. The van der Waals surface area contributed by atoms with Crippen LogP contribution in [0.25, 0.3) is 0 Å². The molecule has 0 spiro atoms. The number of nitrogens with one attached hydrogen (secondary N) is 1. The van der Waals surface area contributed by atoms with E-state index in [4.69, 9.17) is 4.74 Å². The fourth-order valence-electron chi connectivity index (χ4n) is 3.91. The highest BCUT2D eigenvalue weighted by Gasteiger charge is 2.40. The topological polar surface area (TPSA) is 55.4 Å². The van der Waals surface area contributed by atoms with Crippen molar-refractivity contribution >= 4 is 17.6 Å². The zero-order valence-electron chi connectivity index (χ0n) is 13.3. The maximum absolute atomic E-state index is 13.4. The molecule has 0 heterocycles. The molecule has 1 amide bonds. The molecule has 2 saturated carbocycles. The van der Waals surface area contributed by atoms with E-state index >= 15 is 0 Å². The van der Waals surface area contributed by atoms with Gasteiger partial charge in [0.2, 0.25) is 0 Å². The van der Waals surface area contributed by atoms with Crippen molar-refractivity contribution in [2.75, 3.05) is 11.9 Å². The fraction of sp³-hybridized carbons (Fsp3) is 0.556. The van der Waals surface area contributed by atoms with Crippen molar-refractivity contribution in [3.8, 4) is 0 Å². The van der Waals surface area contributed by atoms with E-state index in [9.17, 15) is 14.0 Å². The fourth-order valence-corrected chi connectivity index (χ4v) is 3.91. The normalized spacial score (nSPS) is 25.4. The zero-order valence-corrected chi connectivity index (χ0v) is 13.3. The number of benzene rings is 1. The summed E-state index contributed by atoms with van der Waals surface area (Å²) in [4.78, 5) is 23.6. The molecule has 3 atom stereocenters. The Labute approximate surface area is 135 Å². The first kappa shape index (κ1) is 16.0. The highest BCUT2D eigenvalue weighted by Crippen LogP contribution is 2.49. The first-order chi connectivity index (χ1) is 11.0. The lowest BCUT2D eigenvalue weighted by Gasteiger charge is -2.20. The van der Waals surface area contributed by atoms with Crippen molar-refractivity contribution in [2.45, 2.75) is 39.0 Å². The molecule has 2 fully saturated rings. The third-order valence-electron chi connectivity index (χ3n) is 5.13. The molecule has 0 aromatic heterocycles. The molecular weight excluding hydrogens is 297 g/mol. The molecule has 0 aliphatic heterocycles. The number of carbonyl (C=O) groups excluding carboxylic acids is 2. The minimum absolute atomic E-state index is 0.312. The smallest absolute Gasteiger partial charge is 0.306 e. The molecule has 124 valence electrons. The van der Waals surface area contributed by atoms with E-state index in [1.165, 1.54) is 25.3 Å². The average Bonchev–Trinajstić information content (AvgIpc) is 3.12. The predicted octanol–water partition coefficient (Wildman–Crippen LogP) is 3.44. The van der Waals surface area contributed by atoms with Gasteiger partial charge < -0.3 is 10.1 Å². The Bertz CT molecular complexity index is 616. The van der Waals surface area contributed by atoms with Crippen LogP contribution in [0.15, 0.2) is 18.2 Å². The van der Waals surface area contributed by atoms with Crippen molar-refractivity contribution in [3.05, 3.63) is 29.6 Å². The molecule has 2 aliphatic rings. The van der Waals surface area contributed by atoms with Crippen molar-refractivity contribution in [1.82, 2.24) is 0 Å². The van der Waals surface area contributed by atoms with Gasteiger partial charge in [0.25, 0.3) is 5.91 Å². The van der Waals surface area contributed by atoms with Crippen LogP contribution < -0.4 is 5.32 Å². The number of esters is 1. The number of hydrogen-bond donors (Lipinski definition) is 1. The second-order valence-electron chi connectivity index (χ2n) is 6.81. The SMILES string of the molecule is Cc1ccc(NC(=O)COC(=O)C[C@H]2C[C@@H]3CC[C@@H]2C3)cc1F. The summed E-state index contributed by atoms with van der Waals surface area (Å²) in [5.74, 6) is 0.739. The van der Waals surface area contributed by atoms with E-state index in [-0.39, 0.29) is 18.4 Å². The molecule has 4 nitrogen and oxygen atoms in total. The standard InChI is InChI=1S/C18H22FNO3/c1-11-2-5-15(9-16(11)19)20-17(21)10-23-18(22)8-14-7-12-3-4-13(14)6-12/h2,5,9,12-14H,3-4,6-8,10H2,1H3,(H,20,21)/t12-,13-,14-/m1/s1. The molecule has 1 N–H and O–H groups in total. The first-order valence-corrected chi connectivity index (χ1v) is 8.23. The van der Waals surface area contributed by atoms with Crippen LogP contribution in [-0.4, -0.2) is 18.5 Å². The largest absolute Gasteiger partial charge is 0.456 e. The van der Waals surface area contributed by atoms with Gasteiger partial charge in [-0.25, -0.2) is 4.39 Å². The third-order valence-corrected chi connectivity index (χ3v) is 5.13. The van der Waals surface area contributed by atoms with Gasteiger partial charge in [-0.05, 0) is 61.6 Å². The van der Waals surface area contributed by atoms with Gasteiger partial charge in [0.15, 0.2) is 6.61 Å². The number of fused-ring (bicyclic) bond motifs is 2. The third kappa shape index (κ3) is 3.89. The van der Waals surface area contributed by atoms with E-state index < -0.39 is 5.91 Å². The van der Waals surface area contributed by atoms with Crippen LogP contribution in [0, 0.1) is 30.5 Å². The predicted molar refractivity (Wildman–Crippen MR) is 84.3 cm³/mol. The van der Waals surface area contributed by atoms with Gasteiger partial charge in [0.05, 0.1) is 0 Å². The van der Waals surface area contributed by atoms with E-state index in [1.54, 1.807) is 19.1 Å². The van der Waals surface area contributed by atoms with E-state index in [0.717, 1.165) is 12.3 Å². The monoisotopic (exact) mass is 319 g/mol. The molecule has 0 saturated heterocycles. The van der Waals surface area contributed by atoms with Crippen LogP contribution in [0.4, 0.5) is 10.1 Å². The van der Waals surface area contributed by atoms with Crippen LogP contribution in [0.5, 0.6) is 0 Å². The number of amides is 1. The Kier molecular flexibility index (Phi) is 4.64. The van der Waals surface area contributed by atoms with E-state index in [1.807, 2.05) is 0 Å². The van der Waals surface area contributed by atoms with Crippen LogP contribution >= 0.6 is 0 Å². The lowest BCUT2D eigenvalue weighted by atomic mass is 9.86. The summed E-state index contributed by atoms with van der Waals surface area (Å²) in [6.07, 6.45) is 5.30. The number of rotatable bonds is 5. The Morgan fingerprint density at radius 1 is 1.30 bits per heavy atom. The van der Waals surface area contributed by atoms with E-state index in [0.29, 0.717) is 29.5 Å². The van der Waals surface area contributed by atoms with Gasteiger partial charge in [0.1, 0.15) is 5.82 Å². The molecular formula is C18H22FNO3. The lowest BCUT2D eigenvalue weighted by Crippen LogP contribution is -2.23. The Morgan fingerprint density at radius 3 is 2.78 bits per heavy atom. The molecule has 2 aliphatic carbocycles. The second kappa shape index (κ2) is 6.69. The van der Waals surface area contributed by atoms with Crippen LogP contribution in [0.3, 0.4) is 0 Å². The molecule has 0 radical (unpaired) electrons. The molecule has 1 aromatic rings. The molecule has 1 aromatic carbocycles. The number of anilines is 1. The number of hydrogen-bond acceptors (Lipinski definition) is 3. The van der Waals surface area contributed by atoms with Gasteiger partial charge in [-0.3, -0.25) is 9.59 Å². The van der Waals surface area contributed by atoms with Gasteiger partial charge >= 0.3 is 5.97 Å². The highest BCUT2D eigenvalue weighted by molar-refractivity contribution is 5.92. The Balaban J connectivity index is 1.41. The number of ether oxygens (including phenoxy) is 1. The summed E-state index contributed by atoms with van der Waals surface area (Å²) in [7, 11) is 0. The summed E-state index contributed by atoms with van der Waals surface area (Å²) in [5.41, 5.74) is 0.877.